The minimum atomic E-state index is -3.36. The van der Waals surface area contributed by atoms with Crippen LogP contribution in [0.2, 0.25) is 0 Å². The summed E-state index contributed by atoms with van der Waals surface area (Å²) in [5, 5.41) is 7.40. The summed E-state index contributed by atoms with van der Waals surface area (Å²) in [6, 6.07) is 7.68. The molecule has 160 valence electrons. The molecule has 1 aromatic heterocycles. The first kappa shape index (κ1) is 23.9. The van der Waals surface area contributed by atoms with Crippen LogP contribution in [0.1, 0.15) is 22.4 Å². The van der Waals surface area contributed by atoms with Gasteiger partial charge in [-0.2, -0.15) is 0 Å². The first-order chi connectivity index (χ1) is 13.5. The number of halogens is 1. The molecule has 2 heterocycles. The summed E-state index contributed by atoms with van der Waals surface area (Å²) in [5.74, 6) is 0.623. The highest BCUT2D eigenvalue weighted by Gasteiger charge is 2.28. The number of aryl methyl sites for hydroxylation is 1. The van der Waals surface area contributed by atoms with Crippen LogP contribution in [0.4, 0.5) is 5.69 Å². The lowest BCUT2D eigenvalue weighted by Gasteiger charge is -2.20. The van der Waals surface area contributed by atoms with Gasteiger partial charge in [0.15, 0.2) is 5.96 Å². The van der Waals surface area contributed by atoms with Gasteiger partial charge in [-0.1, -0.05) is 25.1 Å². The number of nitrogens with zero attached hydrogens (tertiary/aromatic N) is 3. The zero-order chi connectivity index (χ0) is 20.0. The Kier molecular flexibility index (Phi) is 9.15. The highest BCUT2D eigenvalue weighted by Crippen LogP contribution is 2.29. The number of para-hydroxylation sites is 1. The molecule has 0 spiro atoms. The van der Waals surface area contributed by atoms with Crippen molar-refractivity contribution in [2.75, 3.05) is 36.7 Å². The third-order valence-corrected chi connectivity index (χ3v) is 7.61. The Morgan fingerprint density at radius 1 is 1.28 bits per heavy atom. The lowest BCUT2D eigenvalue weighted by Crippen LogP contribution is -2.42. The molecule has 0 atom stereocenters. The summed E-state index contributed by atoms with van der Waals surface area (Å²) >= 11 is 1.73. The van der Waals surface area contributed by atoms with E-state index in [9.17, 15) is 8.42 Å². The van der Waals surface area contributed by atoms with Crippen molar-refractivity contribution in [3.63, 3.8) is 0 Å². The number of thiazole rings is 1. The zero-order valence-corrected chi connectivity index (χ0v) is 20.7. The van der Waals surface area contributed by atoms with Crippen LogP contribution in [0.15, 0.2) is 35.5 Å². The van der Waals surface area contributed by atoms with E-state index < -0.39 is 10.0 Å². The molecule has 0 aliphatic carbocycles. The molecule has 0 amide bonds. The van der Waals surface area contributed by atoms with Gasteiger partial charge in [0.1, 0.15) is 0 Å². The molecular weight excluding hydrogens is 521 g/mol. The molecule has 10 heteroatoms. The van der Waals surface area contributed by atoms with Crippen molar-refractivity contribution < 1.29 is 8.42 Å². The fourth-order valence-corrected chi connectivity index (χ4v) is 5.43. The predicted molar refractivity (Wildman–Crippen MR) is 131 cm³/mol. The van der Waals surface area contributed by atoms with E-state index in [4.69, 9.17) is 0 Å². The minimum Gasteiger partial charge on any atom is -0.356 e. The van der Waals surface area contributed by atoms with Gasteiger partial charge in [-0.25, -0.2) is 13.4 Å². The molecule has 0 saturated heterocycles. The summed E-state index contributed by atoms with van der Waals surface area (Å²) in [4.78, 5) is 9.85. The molecule has 29 heavy (non-hydrogen) atoms. The lowest BCUT2D eigenvalue weighted by atomic mass is 10.2. The number of fused-ring (bicyclic) bond motifs is 1. The number of aromatic nitrogens is 1. The maximum absolute atomic E-state index is 12.7. The number of hydrogen-bond donors (Lipinski definition) is 2. The van der Waals surface area contributed by atoms with E-state index in [1.165, 1.54) is 9.18 Å². The van der Waals surface area contributed by atoms with Crippen molar-refractivity contribution in [1.82, 2.24) is 15.6 Å². The van der Waals surface area contributed by atoms with Crippen LogP contribution in [0.3, 0.4) is 0 Å². The normalized spacial score (nSPS) is 13.7. The van der Waals surface area contributed by atoms with E-state index >= 15 is 0 Å². The summed E-state index contributed by atoms with van der Waals surface area (Å²) in [5.41, 5.74) is 1.89. The molecule has 0 saturated carbocycles. The molecule has 0 radical (unpaired) electrons. The molecular formula is C19H28IN5O2S2. The van der Waals surface area contributed by atoms with Crippen molar-refractivity contribution >= 4 is 57.0 Å². The number of sulfonamides is 1. The van der Waals surface area contributed by atoms with Crippen LogP contribution >= 0.6 is 35.3 Å². The Morgan fingerprint density at radius 2 is 2.03 bits per heavy atom. The third kappa shape index (κ3) is 6.29. The Balaban J connectivity index is 0.00000300. The van der Waals surface area contributed by atoms with Crippen LogP contribution < -0.4 is 14.9 Å². The third-order valence-electron chi connectivity index (χ3n) is 4.64. The average molecular weight is 550 g/mol. The van der Waals surface area contributed by atoms with Crippen molar-refractivity contribution in [1.29, 1.82) is 0 Å². The van der Waals surface area contributed by atoms with Gasteiger partial charge in [0.2, 0.25) is 10.0 Å². The second-order valence-electron chi connectivity index (χ2n) is 6.52. The molecule has 2 N–H and O–H groups in total. The van der Waals surface area contributed by atoms with E-state index in [1.807, 2.05) is 30.5 Å². The maximum Gasteiger partial charge on any atom is 0.236 e. The average Bonchev–Trinajstić information content (AvgIpc) is 3.33. The van der Waals surface area contributed by atoms with Crippen LogP contribution in [-0.2, 0) is 29.3 Å². The standard InChI is InChI=1S/C19H27N5O2S2.HI/c1-3-16-14-23-18(27-16)8-10-21-19(20-2)22-11-13-28(25,26)24-12-9-15-6-4-5-7-17(15)24;/h4-7,14H,3,8-13H2,1-2H3,(H2,20,21,22);1H. The number of hydrogen-bond acceptors (Lipinski definition) is 5. The highest BCUT2D eigenvalue weighted by atomic mass is 127. The number of anilines is 1. The van der Waals surface area contributed by atoms with Gasteiger partial charge in [0, 0.05) is 44.2 Å². The Labute approximate surface area is 194 Å². The molecule has 7 nitrogen and oxygen atoms in total. The molecule has 2 aromatic rings. The van der Waals surface area contributed by atoms with Gasteiger partial charge in [-0.3, -0.25) is 9.30 Å². The van der Waals surface area contributed by atoms with Crippen molar-refractivity contribution in [2.45, 2.75) is 26.2 Å². The molecule has 0 unspecified atom stereocenters. The fraction of sp³-hybridized carbons (Fsp3) is 0.474. The quantitative estimate of drug-likeness (QED) is 0.300. The SMILES string of the molecule is CCc1cnc(CCNC(=NC)NCCS(=O)(=O)N2CCc3ccccc32)s1.I. The van der Waals surface area contributed by atoms with Gasteiger partial charge < -0.3 is 10.6 Å². The molecule has 3 rings (SSSR count). The second-order valence-corrected chi connectivity index (χ2v) is 9.73. The Hall–Kier alpha value is -1.40. The lowest BCUT2D eigenvalue weighted by molar-refractivity contribution is 0.591. The largest absolute Gasteiger partial charge is 0.356 e. The van der Waals surface area contributed by atoms with Crippen LogP contribution in [0, 0.1) is 0 Å². The monoisotopic (exact) mass is 549 g/mol. The maximum atomic E-state index is 12.7. The first-order valence-corrected chi connectivity index (χ1v) is 11.9. The number of rotatable bonds is 8. The number of benzene rings is 1. The summed E-state index contributed by atoms with van der Waals surface area (Å²) in [6.45, 7) is 3.64. The number of aliphatic imine (C=N–C) groups is 1. The summed E-state index contributed by atoms with van der Waals surface area (Å²) < 4.78 is 26.9. The predicted octanol–water partition coefficient (Wildman–Crippen LogP) is 2.42. The zero-order valence-electron chi connectivity index (χ0n) is 16.7. The topological polar surface area (TPSA) is 86.7 Å². The molecule has 0 bridgehead atoms. The molecule has 1 aromatic carbocycles. The van der Waals surface area contributed by atoms with E-state index in [0.717, 1.165) is 35.5 Å². The first-order valence-electron chi connectivity index (χ1n) is 9.50. The van der Waals surface area contributed by atoms with Crippen LogP contribution in [0.25, 0.3) is 0 Å². The minimum absolute atomic E-state index is 0. The van der Waals surface area contributed by atoms with Gasteiger partial charge in [-0.05, 0) is 24.5 Å². The van der Waals surface area contributed by atoms with Gasteiger partial charge in [-0.15, -0.1) is 35.3 Å². The molecule has 1 aliphatic rings. The van der Waals surface area contributed by atoms with Crippen molar-refractivity contribution in [2.24, 2.45) is 4.99 Å². The molecule has 0 fully saturated rings. The Bertz CT molecular complexity index is 930. The summed E-state index contributed by atoms with van der Waals surface area (Å²) in [7, 11) is -1.68. The van der Waals surface area contributed by atoms with Crippen LogP contribution in [-0.4, -0.2) is 51.8 Å². The number of guanidine groups is 1. The second kappa shape index (κ2) is 11.1. The van der Waals surface area contributed by atoms with Gasteiger partial charge in [0.25, 0.3) is 0 Å². The Morgan fingerprint density at radius 3 is 2.76 bits per heavy atom. The van der Waals surface area contributed by atoms with Gasteiger partial charge in [0.05, 0.1) is 16.4 Å². The highest BCUT2D eigenvalue weighted by molar-refractivity contribution is 14.0. The molecule has 1 aliphatic heterocycles. The van der Waals surface area contributed by atoms with E-state index in [2.05, 4.69) is 27.5 Å². The fourth-order valence-electron chi connectivity index (χ4n) is 3.14. The van der Waals surface area contributed by atoms with E-state index in [-0.39, 0.29) is 29.7 Å². The van der Waals surface area contributed by atoms with Crippen molar-refractivity contribution in [3.8, 4) is 0 Å². The summed E-state index contributed by atoms with van der Waals surface area (Å²) in [6.07, 6.45) is 4.51. The number of nitrogens with one attached hydrogen (secondary N) is 2. The van der Waals surface area contributed by atoms with E-state index in [1.54, 1.807) is 18.4 Å². The van der Waals surface area contributed by atoms with E-state index in [0.29, 0.717) is 25.6 Å². The van der Waals surface area contributed by atoms with Gasteiger partial charge >= 0.3 is 0 Å². The van der Waals surface area contributed by atoms with Crippen LogP contribution in [0.5, 0.6) is 0 Å². The van der Waals surface area contributed by atoms with Crippen molar-refractivity contribution in [3.05, 3.63) is 45.9 Å². The smallest absolute Gasteiger partial charge is 0.236 e.